The number of nitrogens with one attached hydrogen (secondary N) is 1. The van der Waals surface area contributed by atoms with Gasteiger partial charge in [-0.05, 0) is 24.7 Å². The summed E-state index contributed by atoms with van der Waals surface area (Å²) >= 11 is 4.79. The maximum Gasteiger partial charge on any atom is 0.242 e. The van der Waals surface area contributed by atoms with E-state index in [2.05, 4.69) is 5.43 Å². The van der Waals surface area contributed by atoms with Crippen LogP contribution in [0.15, 0.2) is 30.3 Å². The van der Waals surface area contributed by atoms with Gasteiger partial charge in [-0.2, -0.15) is 0 Å². The maximum absolute atomic E-state index is 11.6. The predicted molar refractivity (Wildman–Crippen MR) is 67.5 cm³/mol. The van der Waals surface area contributed by atoms with E-state index in [0.29, 0.717) is 13.0 Å². The Labute approximate surface area is 100 Å². The van der Waals surface area contributed by atoms with Crippen molar-refractivity contribution in [1.29, 1.82) is 0 Å². The van der Waals surface area contributed by atoms with Crippen molar-refractivity contribution in [3.63, 3.8) is 0 Å². The molecule has 0 unspecified atom stereocenters. The molecule has 3 N–H and O–H groups in total. The van der Waals surface area contributed by atoms with Gasteiger partial charge in [-0.25, -0.2) is 0 Å². The number of amides is 1. The minimum atomic E-state index is -0.124. The van der Waals surface area contributed by atoms with E-state index in [-0.39, 0.29) is 11.0 Å². The third kappa shape index (κ3) is 3.86. The van der Waals surface area contributed by atoms with Gasteiger partial charge in [-0.3, -0.25) is 15.2 Å². The number of hydrazine groups is 1. The summed E-state index contributed by atoms with van der Waals surface area (Å²) in [6.07, 6.45) is 0.319. The molecule has 0 radical (unpaired) electrons. The van der Waals surface area contributed by atoms with Crippen LogP contribution in [0.25, 0.3) is 0 Å². The van der Waals surface area contributed by atoms with E-state index in [9.17, 15) is 4.79 Å². The average molecular weight is 237 g/mol. The number of thiocarbonyl (C=S) groups is 1. The Morgan fingerprint density at radius 3 is 2.56 bits per heavy atom. The standard InChI is InChI=1S/C11H15N3OS/c1-2-14(11(12)16)13-10(15)8-9-6-4-3-5-7-9/h3-7H,2,8H2,1H3,(H2,12,16)(H,13,15). The molecule has 4 nitrogen and oxygen atoms in total. The number of carbonyl (C=O) groups excluding carboxylic acids is 1. The molecule has 0 spiro atoms. The number of hydrogen-bond acceptors (Lipinski definition) is 2. The fourth-order valence-corrected chi connectivity index (χ4v) is 1.44. The summed E-state index contributed by atoms with van der Waals surface area (Å²) in [5.74, 6) is -0.124. The molecule has 0 saturated carbocycles. The summed E-state index contributed by atoms with van der Waals surface area (Å²) in [7, 11) is 0. The number of rotatable bonds is 3. The highest BCUT2D eigenvalue weighted by Gasteiger charge is 2.08. The molecule has 1 amide bonds. The molecule has 5 heteroatoms. The second-order valence-corrected chi connectivity index (χ2v) is 3.70. The Bertz CT molecular complexity index is 367. The molecule has 16 heavy (non-hydrogen) atoms. The van der Waals surface area contributed by atoms with Crippen LogP contribution in [0.3, 0.4) is 0 Å². The van der Waals surface area contributed by atoms with Gasteiger partial charge in [0.1, 0.15) is 0 Å². The van der Waals surface area contributed by atoms with Gasteiger partial charge >= 0.3 is 0 Å². The first-order valence-electron chi connectivity index (χ1n) is 5.04. The highest BCUT2D eigenvalue weighted by Crippen LogP contribution is 1.99. The molecule has 0 aliphatic heterocycles. The summed E-state index contributed by atoms with van der Waals surface area (Å²) < 4.78 is 0. The molecule has 0 aliphatic carbocycles. The first-order chi connectivity index (χ1) is 7.63. The molecule has 0 heterocycles. The minimum Gasteiger partial charge on any atom is -0.375 e. The largest absolute Gasteiger partial charge is 0.375 e. The van der Waals surface area contributed by atoms with Crippen LogP contribution in [0.4, 0.5) is 0 Å². The van der Waals surface area contributed by atoms with Crippen molar-refractivity contribution in [2.45, 2.75) is 13.3 Å². The van der Waals surface area contributed by atoms with Crippen LogP contribution in [-0.2, 0) is 11.2 Å². The van der Waals surface area contributed by atoms with Gasteiger partial charge in [0.2, 0.25) is 5.91 Å². The summed E-state index contributed by atoms with van der Waals surface area (Å²) in [6.45, 7) is 2.41. The molecular formula is C11H15N3OS. The lowest BCUT2D eigenvalue weighted by molar-refractivity contribution is -0.123. The zero-order valence-electron chi connectivity index (χ0n) is 9.14. The number of benzene rings is 1. The third-order valence-corrected chi connectivity index (χ3v) is 2.27. The first kappa shape index (κ1) is 12.4. The molecule has 0 bridgehead atoms. The quantitative estimate of drug-likeness (QED) is 0.604. The van der Waals surface area contributed by atoms with Gasteiger partial charge < -0.3 is 5.73 Å². The highest BCUT2D eigenvalue weighted by molar-refractivity contribution is 7.80. The van der Waals surface area contributed by atoms with Gasteiger partial charge in [0.25, 0.3) is 0 Å². The Balaban J connectivity index is 2.50. The second-order valence-electron chi connectivity index (χ2n) is 3.28. The lowest BCUT2D eigenvalue weighted by Gasteiger charge is -2.21. The molecule has 0 aromatic heterocycles. The van der Waals surface area contributed by atoms with Crippen molar-refractivity contribution in [1.82, 2.24) is 10.4 Å². The minimum absolute atomic E-state index is 0.124. The molecule has 0 saturated heterocycles. The van der Waals surface area contributed by atoms with Crippen LogP contribution in [0.5, 0.6) is 0 Å². The lowest BCUT2D eigenvalue weighted by atomic mass is 10.1. The predicted octanol–water partition coefficient (Wildman–Crippen LogP) is 0.826. The van der Waals surface area contributed by atoms with Crippen molar-refractivity contribution in [3.8, 4) is 0 Å². The van der Waals surface area contributed by atoms with E-state index in [4.69, 9.17) is 18.0 Å². The van der Waals surface area contributed by atoms with E-state index < -0.39 is 0 Å². The van der Waals surface area contributed by atoms with Crippen molar-refractivity contribution in [2.24, 2.45) is 5.73 Å². The summed E-state index contributed by atoms with van der Waals surface area (Å²) in [4.78, 5) is 11.6. The Morgan fingerprint density at radius 1 is 1.44 bits per heavy atom. The molecule has 1 rings (SSSR count). The topological polar surface area (TPSA) is 58.4 Å². The molecule has 1 aromatic carbocycles. The van der Waals surface area contributed by atoms with Crippen LogP contribution < -0.4 is 11.2 Å². The Hall–Kier alpha value is -1.62. The third-order valence-electron chi connectivity index (χ3n) is 2.05. The SMILES string of the molecule is CCN(NC(=O)Cc1ccccc1)C(N)=S. The fourth-order valence-electron chi connectivity index (χ4n) is 1.26. The average Bonchev–Trinajstić information content (AvgIpc) is 2.27. The Morgan fingerprint density at radius 2 is 2.06 bits per heavy atom. The van der Waals surface area contributed by atoms with Crippen molar-refractivity contribution < 1.29 is 4.79 Å². The number of hydrogen-bond donors (Lipinski definition) is 2. The second kappa shape index (κ2) is 6.07. The number of nitrogens with two attached hydrogens (primary N) is 1. The first-order valence-corrected chi connectivity index (χ1v) is 5.44. The van der Waals surface area contributed by atoms with Crippen molar-refractivity contribution in [3.05, 3.63) is 35.9 Å². The van der Waals surface area contributed by atoms with Gasteiger partial charge in [-0.1, -0.05) is 30.3 Å². The molecule has 0 aliphatic rings. The lowest BCUT2D eigenvalue weighted by Crippen LogP contribution is -2.48. The van der Waals surface area contributed by atoms with E-state index in [0.717, 1.165) is 5.56 Å². The maximum atomic E-state index is 11.6. The smallest absolute Gasteiger partial charge is 0.242 e. The fraction of sp³-hybridized carbons (Fsp3) is 0.273. The summed E-state index contributed by atoms with van der Waals surface area (Å²) in [6, 6.07) is 9.50. The van der Waals surface area contributed by atoms with E-state index in [1.165, 1.54) is 5.01 Å². The molecule has 0 fully saturated rings. The molecule has 0 atom stereocenters. The zero-order chi connectivity index (χ0) is 12.0. The number of nitrogens with zero attached hydrogens (tertiary/aromatic N) is 1. The van der Waals surface area contributed by atoms with Gasteiger partial charge in [0, 0.05) is 6.54 Å². The number of carbonyl (C=O) groups is 1. The summed E-state index contributed by atoms with van der Waals surface area (Å²) in [5, 5.41) is 1.62. The van der Waals surface area contributed by atoms with Gasteiger partial charge in [0.15, 0.2) is 5.11 Å². The van der Waals surface area contributed by atoms with Crippen LogP contribution in [-0.4, -0.2) is 22.6 Å². The molecule has 1 aromatic rings. The van der Waals surface area contributed by atoms with Crippen LogP contribution in [0.2, 0.25) is 0 Å². The van der Waals surface area contributed by atoms with Gasteiger partial charge in [0.05, 0.1) is 6.42 Å². The van der Waals surface area contributed by atoms with Crippen LogP contribution >= 0.6 is 12.2 Å². The van der Waals surface area contributed by atoms with Crippen LogP contribution in [0.1, 0.15) is 12.5 Å². The van der Waals surface area contributed by atoms with Crippen LogP contribution in [0, 0.1) is 0 Å². The highest BCUT2D eigenvalue weighted by atomic mass is 32.1. The monoisotopic (exact) mass is 237 g/mol. The zero-order valence-corrected chi connectivity index (χ0v) is 9.96. The normalized spacial score (nSPS) is 9.56. The summed E-state index contributed by atoms with van der Waals surface area (Å²) in [5.41, 5.74) is 9.03. The Kier molecular flexibility index (Phi) is 4.72. The van der Waals surface area contributed by atoms with E-state index in [1.807, 2.05) is 37.3 Å². The van der Waals surface area contributed by atoms with E-state index in [1.54, 1.807) is 0 Å². The molecule has 86 valence electrons. The van der Waals surface area contributed by atoms with Gasteiger partial charge in [-0.15, -0.1) is 0 Å². The van der Waals surface area contributed by atoms with E-state index >= 15 is 0 Å². The molecular weight excluding hydrogens is 222 g/mol. The van der Waals surface area contributed by atoms with Crippen molar-refractivity contribution >= 4 is 23.2 Å². The van der Waals surface area contributed by atoms with Crippen molar-refractivity contribution in [2.75, 3.05) is 6.54 Å².